The quantitative estimate of drug-likeness (QED) is 0.749. The highest BCUT2D eigenvalue weighted by Gasteiger charge is 2.09. The monoisotopic (exact) mass is 226 g/mol. The van der Waals surface area contributed by atoms with Gasteiger partial charge in [0.1, 0.15) is 12.2 Å². The van der Waals surface area contributed by atoms with Gasteiger partial charge in [-0.15, -0.1) is 10.2 Å². The summed E-state index contributed by atoms with van der Waals surface area (Å²) in [5.41, 5.74) is 0. The molecular weight excluding hydrogens is 204 g/mol. The third kappa shape index (κ3) is 3.57. The topological polar surface area (TPSA) is 52.0 Å². The molecule has 0 fully saturated rings. The lowest BCUT2D eigenvalue weighted by Gasteiger charge is -2.20. The lowest BCUT2D eigenvalue weighted by Crippen LogP contribution is -2.38. The van der Waals surface area contributed by atoms with E-state index < -0.39 is 0 Å². The van der Waals surface area contributed by atoms with Crippen LogP contribution in [0.25, 0.3) is 0 Å². The fourth-order valence-electron chi connectivity index (χ4n) is 1.52. The van der Waals surface area contributed by atoms with E-state index in [2.05, 4.69) is 40.9 Å². The van der Waals surface area contributed by atoms with Crippen LogP contribution in [0.4, 0.5) is 0 Å². The fraction of sp³-hybridized carbons (Fsp3) is 0.818. The number of aromatic nitrogens is 3. The van der Waals surface area contributed by atoms with E-state index in [-0.39, 0.29) is 6.10 Å². The smallest absolute Gasteiger partial charge is 0.132 e. The Hall–Kier alpha value is -0.940. The highest BCUT2D eigenvalue weighted by molar-refractivity contribution is 4.84. The Morgan fingerprint density at radius 3 is 2.88 bits per heavy atom. The van der Waals surface area contributed by atoms with Gasteiger partial charge in [-0.1, -0.05) is 6.92 Å². The van der Waals surface area contributed by atoms with Gasteiger partial charge in [0.2, 0.25) is 0 Å². The normalized spacial score (nSPS) is 15.0. The summed E-state index contributed by atoms with van der Waals surface area (Å²) < 4.78 is 7.33. The number of hydrogen-bond donors (Lipinski definition) is 1. The minimum atomic E-state index is 0.228. The summed E-state index contributed by atoms with van der Waals surface area (Å²) in [7, 11) is 1.73. The Morgan fingerprint density at radius 1 is 1.50 bits per heavy atom. The number of aryl methyl sites for hydroxylation is 1. The Bertz CT molecular complexity index is 300. The average molecular weight is 226 g/mol. The zero-order valence-electron chi connectivity index (χ0n) is 10.6. The summed E-state index contributed by atoms with van der Waals surface area (Å²) in [5, 5.41) is 11.4. The third-order valence-corrected chi connectivity index (χ3v) is 2.91. The second-order valence-corrected chi connectivity index (χ2v) is 3.98. The molecule has 0 bridgehead atoms. The van der Waals surface area contributed by atoms with Crippen molar-refractivity contribution in [3.63, 3.8) is 0 Å². The number of rotatable bonds is 7. The summed E-state index contributed by atoms with van der Waals surface area (Å²) in [6.45, 7) is 8.08. The molecule has 0 radical (unpaired) electrons. The van der Waals surface area contributed by atoms with Crippen LogP contribution in [0.15, 0.2) is 6.33 Å². The molecule has 1 aromatic rings. The minimum Gasteiger partial charge on any atom is -0.380 e. The van der Waals surface area contributed by atoms with Crippen LogP contribution in [0.2, 0.25) is 0 Å². The molecule has 2 unspecified atom stereocenters. The summed E-state index contributed by atoms with van der Waals surface area (Å²) >= 11 is 0. The molecule has 2 atom stereocenters. The maximum atomic E-state index is 5.25. The molecule has 0 aromatic carbocycles. The number of hydrogen-bond acceptors (Lipinski definition) is 4. The predicted molar refractivity (Wildman–Crippen MR) is 63.3 cm³/mol. The summed E-state index contributed by atoms with van der Waals surface area (Å²) in [4.78, 5) is 0. The molecule has 0 saturated carbocycles. The first-order valence-electron chi connectivity index (χ1n) is 5.81. The van der Waals surface area contributed by atoms with Crippen molar-refractivity contribution in [3.8, 4) is 0 Å². The van der Waals surface area contributed by atoms with E-state index in [4.69, 9.17) is 4.74 Å². The van der Waals surface area contributed by atoms with E-state index in [0.29, 0.717) is 6.04 Å². The first-order chi connectivity index (χ1) is 7.69. The maximum Gasteiger partial charge on any atom is 0.132 e. The van der Waals surface area contributed by atoms with Crippen molar-refractivity contribution < 1.29 is 4.74 Å². The summed E-state index contributed by atoms with van der Waals surface area (Å²) in [5.74, 6) is 1.04. The molecule has 1 N–H and O–H groups in total. The van der Waals surface area contributed by atoms with Gasteiger partial charge >= 0.3 is 0 Å². The second kappa shape index (κ2) is 6.60. The number of nitrogens with zero attached hydrogens (tertiary/aromatic N) is 3. The van der Waals surface area contributed by atoms with Gasteiger partial charge in [-0.3, -0.25) is 0 Å². The molecule has 5 heteroatoms. The van der Waals surface area contributed by atoms with Crippen molar-refractivity contribution >= 4 is 0 Å². The standard InChI is InChI=1S/C11H22N4O/c1-5-11-14-13-8-15(11)7-6-12-9(2)10(3)16-4/h8-10,12H,5-7H2,1-4H3. The molecule has 1 aromatic heterocycles. The van der Waals surface area contributed by atoms with E-state index >= 15 is 0 Å². The van der Waals surface area contributed by atoms with Crippen LogP contribution in [-0.2, 0) is 17.7 Å². The van der Waals surface area contributed by atoms with Crippen LogP contribution < -0.4 is 5.32 Å². The van der Waals surface area contributed by atoms with Crippen molar-refractivity contribution in [2.24, 2.45) is 0 Å². The van der Waals surface area contributed by atoms with Gasteiger partial charge in [-0.25, -0.2) is 0 Å². The van der Waals surface area contributed by atoms with Crippen LogP contribution in [-0.4, -0.2) is 40.6 Å². The Morgan fingerprint density at radius 2 is 2.25 bits per heavy atom. The second-order valence-electron chi connectivity index (χ2n) is 3.98. The number of ether oxygens (including phenoxy) is 1. The lowest BCUT2D eigenvalue weighted by molar-refractivity contribution is 0.0885. The van der Waals surface area contributed by atoms with Crippen molar-refractivity contribution in [1.29, 1.82) is 0 Å². The Labute approximate surface area is 97.2 Å². The van der Waals surface area contributed by atoms with Gasteiger partial charge in [-0.2, -0.15) is 0 Å². The minimum absolute atomic E-state index is 0.228. The molecule has 0 aliphatic heterocycles. The van der Waals surface area contributed by atoms with Gasteiger partial charge in [0.25, 0.3) is 0 Å². The molecule has 0 amide bonds. The summed E-state index contributed by atoms with van der Waals surface area (Å²) in [6, 6.07) is 0.353. The van der Waals surface area contributed by atoms with Gasteiger partial charge in [-0.05, 0) is 13.8 Å². The molecule has 0 aliphatic carbocycles. The molecule has 0 aliphatic rings. The number of nitrogens with one attached hydrogen (secondary N) is 1. The molecule has 1 heterocycles. The van der Waals surface area contributed by atoms with Crippen LogP contribution in [0.5, 0.6) is 0 Å². The van der Waals surface area contributed by atoms with E-state index in [0.717, 1.165) is 25.3 Å². The van der Waals surface area contributed by atoms with Crippen LogP contribution >= 0.6 is 0 Å². The fourth-order valence-corrected chi connectivity index (χ4v) is 1.52. The summed E-state index contributed by atoms with van der Waals surface area (Å²) in [6.07, 6.45) is 2.93. The first kappa shape index (κ1) is 13.1. The zero-order valence-corrected chi connectivity index (χ0v) is 10.6. The van der Waals surface area contributed by atoms with Crippen LogP contribution in [0.3, 0.4) is 0 Å². The van der Waals surface area contributed by atoms with Crippen molar-refractivity contribution in [2.75, 3.05) is 13.7 Å². The van der Waals surface area contributed by atoms with E-state index in [1.165, 1.54) is 0 Å². The molecular formula is C11H22N4O. The molecule has 16 heavy (non-hydrogen) atoms. The Kier molecular flexibility index (Phi) is 5.42. The highest BCUT2D eigenvalue weighted by atomic mass is 16.5. The molecule has 0 saturated heterocycles. The number of methoxy groups -OCH3 is 1. The van der Waals surface area contributed by atoms with Gasteiger partial charge in [0.05, 0.1) is 6.10 Å². The zero-order chi connectivity index (χ0) is 12.0. The lowest BCUT2D eigenvalue weighted by atomic mass is 10.2. The molecule has 0 spiro atoms. The van der Waals surface area contributed by atoms with Crippen LogP contribution in [0, 0.1) is 0 Å². The van der Waals surface area contributed by atoms with E-state index in [9.17, 15) is 0 Å². The predicted octanol–water partition coefficient (Wildman–Crippen LogP) is 0.854. The van der Waals surface area contributed by atoms with Crippen molar-refractivity contribution in [2.45, 2.75) is 45.9 Å². The third-order valence-electron chi connectivity index (χ3n) is 2.91. The SMILES string of the molecule is CCc1nncn1CCNC(C)C(C)OC. The molecule has 1 rings (SSSR count). The highest BCUT2D eigenvalue weighted by Crippen LogP contribution is 1.97. The van der Waals surface area contributed by atoms with Gasteiger partial charge in [0, 0.05) is 32.7 Å². The van der Waals surface area contributed by atoms with E-state index in [1.54, 1.807) is 13.4 Å². The van der Waals surface area contributed by atoms with Gasteiger partial charge in [0.15, 0.2) is 0 Å². The van der Waals surface area contributed by atoms with Crippen molar-refractivity contribution in [1.82, 2.24) is 20.1 Å². The molecule has 92 valence electrons. The van der Waals surface area contributed by atoms with Gasteiger partial charge < -0.3 is 14.6 Å². The largest absolute Gasteiger partial charge is 0.380 e. The first-order valence-corrected chi connectivity index (χ1v) is 5.81. The van der Waals surface area contributed by atoms with Crippen LogP contribution in [0.1, 0.15) is 26.6 Å². The average Bonchev–Trinajstić information content (AvgIpc) is 2.75. The van der Waals surface area contributed by atoms with Crippen molar-refractivity contribution in [3.05, 3.63) is 12.2 Å². The molecule has 5 nitrogen and oxygen atoms in total. The maximum absolute atomic E-state index is 5.25. The Balaban J connectivity index is 2.30. The van der Waals surface area contributed by atoms with E-state index in [1.807, 2.05) is 0 Å².